The first kappa shape index (κ1) is 23.4. The molecular weight excluding hydrogens is 432 g/mol. The van der Waals surface area contributed by atoms with E-state index in [0.29, 0.717) is 17.1 Å². The molecule has 1 aliphatic rings. The summed E-state index contributed by atoms with van der Waals surface area (Å²) in [6.45, 7) is 5.17. The number of aliphatic hydroxyl groups is 1. The first-order valence-corrected chi connectivity index (χ1v) is 11.2. The van der Waals surface area contributed by atoms with Crippen LogP contribution in [0.4, 0.5) is 11.4 Å². The molecule has 1 heterocycles. The van der Waals surface area contributed by atoms with E-state index in [1.165, 1.54) is 13.2 Å². The van der Waals surface area contributed by atoms with Crippen molar-refractivity contribution in [3.8, 4) is 0 Å². The summed E-state index contributed by atoms with van der Waals surface area (Å²) in [4.78, 5) is 40.2. The number of furan rings is 1. The quantitative estimate of drug-likeness (QED) is 0.494. The summed E-state index contributed by atoms with van der Waals surface area (Å²) in [5, 5.41) is 17.0. The molecule has 7 nitrogen and oxygen atoms in total. The van der Waals surface area contributed by atoms with E-state index in [4.69, 9.17) is 4.42 Å². The maximum atomic E-state index is 13.6. The van der Waals surface area contributed by atoms with Crippen LogP contribution in [-0.2, 0) is 14.4 Å². The summed E-state index contributed by atoms with van der Waals surface area (Å²) in [6.07, 6.45) is 1.09. The molecule has 1 aromatic heterocycles. The Kier molecular flexibility index (Phi) is 6.39. The van der Waals surface area contributed by atoms with Crippen molar-refractivity contribution in [2.45, 2.75) is 38.7 Å². The fourth-order valence-electron chi connectivity index (χ4n) is 4.76. The molecule has 1 aliphatic carbocycles. The monoisotopic (exact) mass is 460 g/mol. The average molecular weight is 461 g/mol. The lowest BCUT2D eigenvalue weighted by atomic mass is 9.62. The fourth-order valence-corrected chi connectivity index (χ4v) is 4.76. The van der Waals surface area contributed by atoms with Crippen LogP contribution in [0.25, 0.3) is 0 Å². The Labute approximate surface area is 198 Å². The molecule has 1 saturated carbocycles. The van der Waals surface area contributed by atoms with Crippen LogP contribution in [0.3, 0.4) is 0 Å². The molecule has 34 heavy (non-hydrogen) atoms. The summed E-state index contributed by atoms with van der Waals surface area (Å²) >= 11 is 0. The van der Waals surface area contributed by atoms with Crippen molar-refractivity contribution < 1.29 is 23.9 Å². The lowest BCUT2D eigenvalue weighted by Crippen LogP contribution is -2.56. The zero-order chi connectivity index (χ0) is 24.5. The van der Waals surface area contributed by atoms with Crippen LogP contribution < -0.4 is 10.6 Å². The van der Waals surface area contributed by atoms with Gasteiger partial charge in [-0.05, 0) is 56.2 Å². The molecule has 0 saturated heterocycles. The molecule has 0 bridgehead atoms. The highest BCUT2D eigenvalue weighted by Gasteiger charge is 2.57. The van der Waals surface area contributed by atoms with E-state index in [1.54, 1.807) is 36.4 Å². The van der Waals surface area contributed by atoms with Crippen molar-refractivity contribution in [2.24, 2.45) is 11.8 Å². The van der Waals surface area contributed by atoms with Gasteiger partial charge in [-0.3, -0.25) is 14.4 Å². The summed E-state index contributed by atoms with van der Waals surface area (Å²) in [7, 11) is 0. The Bertz CT molecular complexity index is 1220. The first-order chi connectivity index (χ1) is 16.2. The molecule has 0 unspecified atom stereocenters. The Balaban J connectivity index is 1.74. The number of Topliss-reactive ketones (excluding diaryl/α,β-unsaturated/α-hetero) is 1. The van der Waals surface area contributed by atoms with E-state index in [0.717, 1.165) is 11.1 Å². The topological polar surface area (TPSA) is 109 Å². The van der Waals surface area contributed by atoms with Crippen molar-refractivity contribution in [1.29, 1.82) is 0 Å². The molecule has 0 spiro atoms. The number of anilines is 2. The number of amides is 2. The number of aryl methyl sites for hydroxylation is 2. The molecule has 7 heteroatoms. The normalized spacial score (nSPS) is 24.5. The second-order valence-electron chi connectivity index (χ2n) is 9.11. The van der Waals surface area contributed by atoms with Gasteiger partial charge in [0, 0.05) is 17.8 Å². The van der Waals surface area contributed by atoms with Crippen molar-refractivity contribution in [2.75, 3.05) is 10.6 Å². The minimum atomic E-state index is -1.68. The Morgan fingerprint density at radius 2 is 1.47 bits per heavy atom. The molecule has 176 valence electrons. The van der Waals surface area contributed by atoms with Crippen LogP contribution >= 0.6 is 0 Å². The Morgan fingerprint density at radius 3 is 2.00 bits per heavy atom. The number of rotatable bonds is 5. The number of carbonyl (C=O) groups is 3. The van der Waals surface area contributed by atoms with E-state index < -0.39 is 41.0 Å². The number of hydrogen-bond donors (Lipinski definition) is 3. The molecule has 3 N–H and O–H groups in total. The Hall–Kier alpha value is -3.71. The molecule has 0 aliphatic heterocycles. The van der Waals surface area contributed by atoms with E-state index in [-0.39, 0.29) is 6.42 Å². The third-order valence-corrected chi connectivity index (χ3v) is 6.51. The molecule has 4 rings (SSSR count). The molecular formula is C27H28N2O5. The zero-order valence-corrected chi connectivity index (χ0v) is 19.4. The van der Waals surface area contributed by atoms with Crippen molar-refractivity contribution in [3.63, 3.8) is 0 Å². The highest BCUT2D eigenvalue weighted by Crippen LogP contribution is 2.46. The van der Waals surface area contributed by atoms with Crippen molar-refractivity contribution in [3.05, 3.63) is 83.8 Å². The molecule has 2 amide bonds. The predicted molar refractivity (Wildman–Crippen MR) is 128 cm³/mol. The minimum Gasteiger partial charge on any atom is -0.469 e. The fraction of sp³-hybridized carbons (Fsp3) is 0.296. The van der Waals surface area contributed by atoms with Gasteiger partial charge in [0.2, 0.25) is 11.8 Å². The van der Waals surface area contributed by atoms with Crippen molar-refractivity contribution in [1.82, 2.24) is 0 Å². The van der Waals surface area contributed by atoms with E-state index in [9.17, 15) is 19.5 Å². The van der Waals surface area contributed by atoms with Gasteiger partial charge in [0.1, 0.15) is 17.5 Å². The Morgan fingerprint density at radius 1 is 0.912 bits per heavy atom. The van der Waals surface area contributed by atoms with Crippen LogP contribution in [0.15, 0.2) is 71.3 Å². The molecule has 2 aromatic carbocycles. The highest BCUT2D eigenvalue weighted by atomic mass is 16.3. The second kappa shape index (κ2) is 9.27. The number of nitrogens with one attached hydrogen (secondary N) is 2. The lowest BCUT2D eigenvalue weighted by Gasteiger charge is -2.43. The van der Waals surface area contributed by atoms with Gasteiger partial charge in [0.05, 0.1) is 23.7 Å². The van der Waals surface area contributed by atoms with Crippen molar-refractivity contribution >= 4 is 29.0 Å². The summed E-state index contributed by atoms with van der Waals surface area (Å²) in [5.41, 5.74) is 1.19. The number of benzene rings is 2. The van der Waals surface area contributed by atoms with E-state index in [2.05, 4.69) is 10.6 Å². The van der Waals surface area contributed by atoms with Gasteiger partial charge in [-0.1, -0.05) is 36.4 Å². The predicted octanol–water partition coefficient (Wildman–Crippen LogP) is 4.21. The van der Waals surface area contributed by atoms with E-state index >= 15 is 0 Å². The molecule has 3 aromatic rings. The maximum absolute atomic E-state index is 13.6. The third-order valence-electron chi connectivity index (χ3n) is 6.51. The summed E-state index contributed by atoms with van der Waals surface area (Å²) < 4.78 is 5.60. The van der Waals surface area contributed by atoms with Gasteiger partial charge < -0.3 is 20.2 Å². The standard InChI is InChI=1S/C27H28N2O5/c1-16-9-4-6-11-18(16)28-25(31)22-20(30)15-27(3,33)24(23(22)21-13-8-14-34-21)26(32)29-19-12-7-5-10-17(19)2/h4-14,22-24,33H,15H2,1-3H3,(H,28,31)(H,29,32)/t22-,23-,24+,27+/m1/s1. The first-order valence-electron chi connectivity index (χ1n) is 11.2. The average Bonchev–Trinajstić information content (AvgIpc) is 3.30. The van der Waals surface area contributed by atoms with Crippen LogP contribution in [0, 0.1) is 25.7 Å². The molecule has 0 radical (unpaired) electrons. The number of carbonyl (C=O) groups excluding carboxylic acids is 3. The van der Waals surface area contributed by atoms with Crippen LogP contribution in [0.2, 0.25) is 0 Å². The van der Waals surface area contributed by atoms with Crippen LogP contribution in [0.5, 0.6) is 0 Å². The molecule has 1 fully saturated rings. The summed E-state index contributed by atoms with van der Waals surface area (Å²) in [5.74, 6) is -4.48. The summed E-state index contributed by atoms with van der Waals surface area (Å²) in [6, 6.07) is 17.8. The number of hydrogen-bond acceptors (Lipinski definition) is 5. The van der Waals surface area contributed by atoms with Gasteiger partial charge >= 0.3 is 0 Å². The number of ketones is 1. The zero-order valence-electron chi connectivity index (χ0n) is 19.4. The van der Waals surface area contributed by atoms with Gasteiger partial charge in [0.15, 0.2) is 0 Å². The minimum absolute atomic E-state index is 0.295. The smallest absolute Gasteiger partial charge is 0.235 e. The highest BCUT2D eigenvalue weighted by molar-refractivity contribution is 6.10. The van der Waals surface area contributed by atoms with Crippen LogP contribution in [-0.4, -0.2) is 28.3 Å². The van der Waals surface area contributed by atoms with Gasteiger partial charge in [-0.2, -0.15) is 0 Å². The largest absolute Gasteiger partial charge is 0.469 e. The maximum Gasteiger partial charge on any atom is 0.235 e. The lowest BCUT2D eigenvalue weighted by molar-refractivity contribution is -0.151. The van der Waals surface area contributed by atoms with Crippen LogP contribution in [0.1, 0.15) is 36.1 Å². The third kappa shape index (κ3) is 4.52. The SMILES string of the molecule is Cc1ccccc1NC(=O)[C@@H]1C(=O)C[C@](C)(O)[C@H](C(=O)Nc2ccccc2C)[C@@H]1c1ccco1. The van der Waals surface area contributed by atoms with E-state index in [1.807, 2.05) is 38.1 Å². The molecule has 4 atom stereocenters. The van der Waals surface area contributed by atoms with Gasteiger partial charge in [-0.25, -0.2) is 0 Å². The second-order valence-corrected chi connectivity index (χ2v) is 9.11. The number of para-hydroxylation sites is 2. The van der Waals surface area contributed by atoms with Gasteiger partial charge in [-0.15, -0.1) is 0 Å². The van der Waals surface area contributed by atoms with Gasteiger partial charge in [0.25, 0.3) is 0 Å².